The van der Waals surface area contributed by atoms with Gasteiger partial charge < -0.3 is 10.4 Å². The first-order valence-electron chi connectivity index (χ1n) is 7.78. The molecule has 2 N–H and O–H groups in total. The van der Waals surface area contributed by atoms with Crippen molar-refractivity contribution in [2.45, 2.75) is 44.6 Å². The third-order valence-corrected chi connectivity index (χ3v) is 5.55. The Balaban J connectivity index is 3.08. The summed E-state index contributed by atoms with van der Waals surface area (Å²) < 4.78 is 26.4. The van der Waals surface area contributed by atoms with Crippen LogP contribution in [0, 0.1) is 0 Å². The SMILES string of the molecule is CCCc1ccc(S(=O)(=O)N(CCNC(C)=O)C(C)C(=O)O)cc1. The molecule has 8 heteroatoms. The number of carbonyl (C=O) groups is 2. The van der Waals surface area contributed by atoms with Crippen LogP contribution in [-0.4, -0.2) is 48.8 Å². The molecule has 0 heterocycles. The van der Waals surface area contributed by atoms with E-state index in [1.807, 2.05) is 6.92 Å². The molecule has 0 saturated heterocycles. The summed E-state index contributed by atoms with van der Waals surface area (Å²) in [5.74, 6) is -1.55. The van der Waals surface area contributed by atoms with Crippen LogP contribution in [0.15, 0.2) is 29.2 Å². The maximum atomic E-state index is 12.8. The minimum absolute atomic E-state index is 0.0401. The van der Waals surface area contributed by atoms with Gasteiger partial charge in [0.2, 0.25) is 15.9 Å². The highest BCUT2D eigenvalue weighted by Crippen LogP contribution is 2.19. The second-order valence-electron chi connectivity index (χ2n) is 5.51. The number of hydrogen-bond donors (Lipinski definition) is 2. The predicted molar refractivity (Wildman–Crippen MR) is 90.1 cm³/mol. The van der Waals surface area contributed by atoms with Gasteiger partial charge in [0, 0.05) is 20.0 Å². The van der Waals surface area contributed by atoms with E-state index in [9.17, 15) is 23.1 Å². The zero-order valence-corrected chi connectivity index (χ0v) is 15.0. The molecular weight excluding hydrogens is 332 g/mol. The summed E-state index contributed by atoms with van der Waals surface area (Å²) in [4.78, 5) is 22.3. The monoisotopic (exact) mass is 356 g/mol. The second kappa shape index (κ2) is 8.79. The standard InChI is InChI=1S/C16H24N2O5S/c1-4-5-14-6-8-15(9-7-14)24(22,23)18(12(2)16(20)21)11-10-17-13(3)19/h6-9,12H,4-5,10-11H2,1-3H3,(H,17,19)(H,20,21). The Morgan fingerprint density at radius 1 is 1.25 bits per heavy atom. The van der Waals surface area contributed by atoms with Gasteiger partial charge in [0.05, 0.1) is 4.90 Å². The molecule has 0 aliphatic carbocycles. The first-order chi connectivity index (χ1) is 11.2. The van der Waals surface area contributed by atoms with E-state index in [1.54, 1.807) is 12.1 Å². The average molecular weight is 356 g/mol. The number of nitrogens with zero attached hydrogens (tertiary/aromatic N) is 1. The normalized spacial score (nSPS) is 12.8. The van der Waals surface area contributed by atoms with Crippen molar-refractivity contribution in [1.29, 1.82) is 0 Å². The number of carboxylic acids is 1. The van der Waals surface area contributed by atoms with Crippen LogP contribution in [0.25, 0.3) is 0 Å². The third kappa shape index (κ3) is 5.31. The third-order valence-electron chi connectivity index (χ3n) is 3.56. The van der Waals surface area contributed by atoms with Gasteiger partial charge in [-0.15, -0.1) is 0 Å². The van der Waals surface area contributed by atoms with Crippen molar-refractivity contribution >= 4 is 21.9 Å². The molecule has 0 aromatic heterocycles. The fourth-order valence-corrected chi connectivity index (χ4v) is 3.83. The smallest absolute Gasteiger partial charge is 0.321 e. The number of amides is 1. The Morgan fingerprint density at radius 2 is 1.83 bits per heavy atom. The summed E-state index contributed by atoms with van der Waals surface area (Å²) in [6.45, 7) is 4.57. The minimum atomic E-state index is -3.97. The zero-order chi connectivity index (χ0) is 18.3. The maximum absolute atomic E-state index is 12.8. The quantitative estimate of drug-likeness (QED) is 0.693. The molecule has 1 aromatic rings. The maximum Gasteiger partial charge on any atom is 0.321 e. The Hall–Kier alpha value is -1.93. The highest BCUT2D eigenvalue weighted by atomic mass is 32.2. The van der Waals surface area contributed by atoms with Gasteiger partial charge in [0.1, 0.15) is 6.04 Å². The van der Waals surface area contributed by atoms with Crippen molar-refractivity contribution in [2.75, 3.05) is 13.1 Å². The molecule has 0 fully saturated rings. The van der Waals surface area contributed by atoms with E-state index in [0.717, 1.165) is 22.7 Å². The number of sulfonamides is 1. The Morgan fingerprint density at radius 3 is 2.29 bits per heavy atom. The lowest BCUT2D eigenvalue weighted by Crippen LogP contribution is -2.46. The van der Waals surface area contributed by atoms with E-state index in [-0.39, 0.29) is 23.9 Å². The van der Waals surface area contributed by atoms with Crippen LogP contribution in [0.2, 0.25) is 0 Å². The molecule has 1 amide bonds. The molecule has 1 unspecified atom stereocenters. The summed E-state index contributed by atoms with van der Waals surface area (Å²) in [6.07, 6.45) is 1.79. The first-order valence-corrected chi connectivity index (χ1v) is 9.22. The second-order valence-corrected chi connectivity index (χ2v) is 7.40. The molecule has 0 aliphatic rings. The molecule has 1 atom stereocenters. The Kier molecular flexibility index (Phi) is 7.37. The lowest BCUT2D eigenvalue weighted by Gasteiger charge is -2.25. The van der Waals surface area contributed by atoms with Crippen molar-refractivity contribution in [3.63, 3.8) is 0 Å². The lowest BCUT2D eigenvalue weighted by molar-refractivity contribution is -0.140. The van der Waals surface area contributed by atoms with Crippen LogP contribution in [0.5, 0.6) is 0 Å². The topological polar surface area (TPSA) is 104 Å². The molecule has 134 valence electrons. The number of hydrogen-bond acceptors (Lipinski definition) is 4. The van der Waals surface area contributed by atoms with E-state index in [0.29, 0.717) is 0 Å². The van der Waals surface area contributed by atoms with Crippen molar-refractivity contribution in [3.8, 4) is 0 Å². The number of rotatable bonds is 9. The number of aliphatic carboxylic acids is 1. The summed E-state index contributed by atoms with van der Waals surface area (Å²) >= 11 is 0. The largest absolute Gasteiger partial charge is 0.480 e. The van der Waals surface area contributed by atoms with Crippen molar-refractivity contribution in [1.82, 2.24) is 9.62 Å². The van der Waals surface area contributed by atoms with Crippen LogP contribution in [-0.2, 0) is 26.0 Å². The van der Waals surface area contributed by atoms with E-state index >= 15 is 0 Å². The summed E-state index contributed by atoms with van der Waals surface area (Å²) in [5, 5.41) is 11.7. The Labute approximate surface area is 142 Å². The Bertz CT molecular complexity index is 670. The van der Waals surface area contributed by atoms with Gasteiger partial charge in [-0.2, -0.15) is 4.31 Å². The molecule has 0 radical (unpaired) electrons. The van der Waals surface area contributed by atoms with Crippen molar-refractivity contribution in [3.05, 3.63) is 29.8 Å². The van der Waals surface area contributed by atoms with Gasteiger partial charge >= 0.3 is 5.97 Å². The minimum Gasteiger partial charge on any atom is -0.480 e. The van der Waals surface area contributed by atoms with Gasteiger partial charge in [0.25, 0.3) is 0 Å². The number of carbonyl (C=O) groups excluding carboxylic acids is 1. The number of aryl methyl sites for hydroxylation is 1. The van der Waals surface area contributed by atoms with Crippen molar-refractivity contribution in [2.24, 2.45) is 0 Å². The number of benzene rings is 1. The number of carboxylic acid groups (broad SMARTS) is 1. The van der Waals surface area contributed by atoms with Gasteiger partial charge in [-0.3, -0.25) is 9.59 Å². The molecule has 1 rings (SSSR count). The van der Waals surface area contributed by atoms with Crippen LogP contribution in [0.4, 0.5) is 0 Å². The fourth-order valence-electron chi connectivity index (χ4n) is 2.24. The summed E-state index contributed by atoms with van der Waals surface area (Å²) in [7, 11) is -3.97. The molecule has 0 saturated carbocycles. The van der Waals surface area contributed by atoms with Gasteiger partial charge in [-0.25, -0.2) is 8.42 Å². The molecule has 0 aliphatic heterocycles. The van der Waals surface area contributed by atoms with Gasteiger partial charge in [0.15, 0.2) is 0 Å². The van der Waals surface area contributed by atoms with Crippen LogP contribution in [0.3, 0.4) is 0 Å². The van der Waals surface area contributed by atoms with E-state index in [4.69, 9.17) is 0 Å². The fraction of sp³-hybridized carbons (Fsp3) is 0.500. The predicted octanol–water partition coefficient (Wildman–Crippen LogP) is 1.24. The van der Waals surface area contributed by atoms with Crippen molar-refractivity contribution < 1.29 is 23.1 Å². The number of nitrogens with one attached hydrogen (secondary N) is 1. The van der Waals surface area contributed by atoms with Gasteiger partial charge in [-0.1, -0.05) is 25.5 Å². The van der Waals surface area contributed by atoms with Crippen LogP contribution in [0.1, 0.15) is 32.8 Å². The van der Waals surface area contributed by atoms with Gasteiger partial charge in [-0.05, 0) is 31.0 Å². The highest BCUT2D eigenvalue weighted by molar-refractivity contribution is 7.89. The van der Waals surface area contributed by atoms with E-state index in [2.05, 4.69) is 5.32 Å². The summed E-state index contributed by atoms with van der Waals surface area (Å²) in [6, 6.07) is 5.20. The van der Waals surface area contributed by atoms with E-state index in [1.165, 1.54) is 26.0 Å². The molecule has 0 bridgehead atoms. The summed E-state index contributed by atoms with van der Waals surface area (Å²) in [5.41, 5.74) is 1.02. The van der Waals surface area contributed by atoms with Crippen LogP contribution >= 0.6 is 0 Å². The van der Waals surface area contributed by atoms with E-state index < -0.39 is 22.0 Å². The van der Waals surface area contributed by atoms with Crippen LogP contribution < -0.4 is 5.32 Å². The zero-order valence-electron chi connectivity index (χ0n) is 14.2. The molecule has 7 nitrogen and oxygen atoms in total. The first kappa shape index (κ1) is 20.1. The average Bonchev–Trinajstić information content (AvgIpc) is 2.51. The highest BCUT2D eigenvalue weighted by Gasteiger charge is 2.32. The molecule has 24 heavy (non-hydrogen) atoms. The molecule has 0 spiro atoms. The molecular formula is C16H24N2O5S. The lowest BCUT2D eigenvalue weighted by atomic mass is 10.1. The molecule has 1 aromatic carbocycles.